The third kappa shape index (κ3) is 2.24. The van der Waals surface area contributed by atoms with Crippen molar-refractivity contribution >= 4 is 34.8 Å². The molecule has 4 unspecified atom stereocenters. The summed E-state index contributed by atoms with van der Waals surface area (Å²) in [5, 5.41) is 3.70. The molecule has 2 saturated carbocycles. The van der Waals surface area contributed by atoms with Crippen LogP contribution < -0.4 is 11.1 Å². The third-order valence-corrected chi connectivity index (χ3v) is 5.31. The summed E-state index contributed by atoms with van der Waals surface area (Å²) < 4.78 is 0. The zero-order chi connectivity index (χ0) is 13.6. The van der Waals surface area contributed by atoms with E-state index in [0.29, 0.717) is 27.6 Å². The van der Waals surface area contributed by atoms with Crippen molar-refractivity contribution < 1.29 is 4.79 Å². The van der Waals surface area contributed by atoms with Crippen molar-refractivity contribution in [3.05, 3.63) is 28.2 Å². The van der Waals surface area contributed by atoms with Crippen LogP contribution >= 0.6 is 23.2 Å². The van der Waals surface area contributed by atoms with Gasteiger partial charge >= 0.3 is 0 Å². The van der Waals surface area contributed by atoms with Crippen LogP contribution in [-0.2, 0) is 4.79 Å². The zero-order valence-electron chi connectivity index (χ0n) is 10.4. The number of hydrogen-bond acceptors (Lipinski definition) is 2. The first-order valence-corrected chi connectivity index (χ1v) is 7.34. The number of hydrogen-bond donors (Lipinski definition) is 2. The molecule has 0 radical (unpaired) electrons. The Hall–Kier alpha value is -0.770. The highest BCUT2D eigenvalue weighted by molar-refractivity contribution is 6.44. The molecule has 3 rings (SSSR count). The lowest BCUT2D eigenvalue weighted by atomic mass is 9.84. The molecule has 2 aliphatic carbocycles. The van der Waals surface area contributed by atoms with E-state index in [1.54, 1.807) is 18.2 Å². The Balaban J connectivity index is 1.77. The maximum Gasteiger partial charge on any atom is 0.229 e. The predicted octanol–water partition coefficient (Wildman–Crippen LogP) is 3.31. The maximum atomic E-state index is 12.4. The number of amides is 1. The van der Waals surface area contributed by atoms with Gasteiger partial charge in [0.15, 0.2) is 0 Å². The molecule has 4 atom stereocenters. The fourth-order valence-electron chi connectivity index (χ4n) is 3.54. The van der Waals surface area contributed by atoms with E-state index in [1.165, 1.54) is 0 Å². The second-order valence-corrected chi connectivity index (χ2v) is 6.31. The van der Waals surface area contributed by atoms with Crippen LogP contribution in [0.25, 0.3) is 0 Å². The summed E-state index contributed by atoms with van der Waals surface area (Å²) in [6.07, 6.45) is 3.36. The maximum absolute atomic E-state index is 12.4. The second-order valence-electron chi connectivity index (χ2n) is 5.53. The normalized spacial score (nSPS) is 32.6. The minimum Gasteiger partial charge on any atom is -0.327 e. The summed E-state index contributed by atoms with van der Waals surface area (Å²) >= 11 is 12.0. The van der Waals surface area contributed by atoms with Crippen LogP contribution in [0.1, 0.15) is 19.3 Å². The Morgan fingerprint density at radius 3 is 2.68 bits per heavy atom. The molecule has 1 aromatic carbocycles. The molecule has 2 bridgehead atoms. The summed E-state index contributed by atoms with van der Waals surface area (Å²) in [5.74, 6) is 0.825. The van der Waals surface area contributed by atoms with Crippen LogP contribution in [0.4, 0.5) is 5.69 Å². The van der Waals surface area contributed by atoms with Crippen LogP contribution in [0.15, 0.2) is 18.2 Å². The summed E-state index contributed by atoms with van der Waals surface area (Å²) in [4.78, 5) is 12.4. The lowest BCUT2D eigenvalue weighted by Gasteiger charge is -2.27. The number of nitrogens with one attached hydrogen (secondary N) is 1. The first-order valence-electron chi connectivity index (χ1n) is 6.58. The van der Waals surface area contributed by atoms with Gasteiger partial charge in [-0.25, -0.2) is 0 Å². The van der Waals surface area contributed by atoms with Gasteiger partial charge in [-0.3, -0.25) is 4.79 Å². The van der Waals surface area contributed by atoms with Gasteiger partial charge in [-0.1, -0.05) is 29.3 Å². The fraction of sp³-hybridized carbons (Fsp3) is 0.500. The van der Waals surface area contributed by atoms with E-state index < -0.39 is 0 Å². The van der Waals surface area contributed by atoms with E-state index in [-0.39, 0.29) is 17.9 Å². The summed E-state index contributed by atoms with van der Waals surface area (Å²) in [5.41, 5.74) is 6.73. The molecule has 0 aliphatic heterocycles. The number of nitrogens with two attached hydrogens (primary N) is 1. The molecule has 19 heavy (non-hydrogen) atoms. The molecular formula is C14H16Cl2N2O. The van der Waals surface area contributed by atoms with E-state index >= 15 is 0 Å². The number of halogens is 2. The van der Waals surface area contributed by atoms with Gasteiger partial charge in [0.25, 0.3) is 0 Å². The largest absolute Gasteiger partial charge is 0.327 e. The number of rotatable bonds is 2. The van der Waals surface area contributed by atoms with Crippen molar-refractivity contribution in [2.45, 2.75) is 25.3 Å². The van der Waals surface area contributed by atoms with Crippen molar-refractivity contribution in [2.24, 2.45) is 23.5 Å². The van der Waals surface area contributed by atoms with Gasteiger partial charge in [-0.05, 0) is 43.2 Å². The molecule has 102 valence electrons. The van der Waals surface area contributed by atoms with Crippen LogP contribution in [0.2, 0.25) is 10.0 Å². The van der Waals surface area contributed by atoms with E-state index in [4.69, 9.17) is 28.9 Å². The molecule has 0 heterocycles. The Morgan fingerprint density at radius 1 is 1.26 bits per heavy atom. The lowest BCUT2D eigenvalue weighted by Crippen LogP contribution is -2.42. The standard InChI is InChI=1S/C14H16Cl2N2O/c15-9-2-1-3-10(12(9)16)18-14(19)11-7-4-5-8(6-7)13(11)17/h1-3,7-8,11,13H,4-6,17H2,(H,18,19). The monoisotopic (exact) mass is 298 g/mol. The minimum absolute atomic E-state index is 0.0169. The first-order chi connectivity index (χ1) is 9.08. The van der Waals surface area contributed by atoms with Crippen LogP contribution in [0.3, 0.4) is 0 Å². The number of fused-ring (bicyclic) bond motifs is 2. The molecule has 5 heteroatoms. The van der Waals surface area contributed by atoms with Crippen molar-refractivity contribution in [3.8, 4) is 0 Å². The molecule has 2 aliphatic rings. The van der Waals surface area contributed by atoms with Gasteiger partial charge in [-0.2, -0.15) is 0 Å². The molecule has 1 aromatic rings. The molecule has 2 fully saturated rings. The Morgan fingerprint density at radius 2 is 2.00 bits per heavy atom. The number of carbonyl (C=O) groups excluding carboxylic acids is 1. The molecule has 0 saturated heterocycles. The third-order valence-electron chi connectivity index (χ3n) is 4.49. The van der Waals surface area contributed by atoms with E-state index in [2.05, 4.69) is 5.32 Å². The molecule has 0 aromatic heterocycles. The van der Waals surface area contributed by atoms with Gasteiger partial charge in [0.05, 0.1) is 21.7 Å². The van der Waals surface area contributed by atoms with E-state index in [1.807, 2.05) is 0 Å². The van der Waals surface area contributed by atoms with Gasteiger partial charge < -0.3 is 11.1 Å². The van der Waals surface area contributed by atoms with E-state index in [0.717, 1.165) is 19.3 Å². The van der Waals surface area contributed by atoms with Gasteiger partial charge in [-0.15, -0.1) is 0 Å². The minimum atomic E-state index is -0.0891. The van der Waals surface area contributed by atoms with Crippen molar-refractivity contribution in [1.29, 1.82) is 0 Å². The second kappa shape index (κ2) is 4.97. The Kier molecular flexibility index (Phi) is 3.46. The van der Waals surface area contributed by atoms with Crippen molar-refractivity contribution in [3.63, 3.8) is 0 Å². The SMILES string of the molecule is NC1C2CCC(C2)C1C(=O)Nc1cccc(Cl)c1Cl. The first kappa shape index (κ1) is 13.2. The lowest BCUT2D eigenvalue weighted by molar-refractivity contribution is -0.121. The quantitative estimate of drug-likeness (QED) is 0.880. The Labute approximate surface area is 122 Å². The molecule has 3 N–H and O–H groups in total. The molecule has 3 nitrogen and oxygen atoms in total. The van der Waals surface area contributed by atoms with Gasteiger partial charge in [0, 0.05) is 6.04 Å². The molecular weight excluding hydrogens is 283 g/mol. The summed E-state index contributed by atoms with van der Waals surface area (Å²) in [7, 11) is 0. The molecule has 0 spiro atoms. The highest BCUT2D eigenvalue weighted by atomic mass is 35.5. The van der Waals surface area contributed by atoms with Crippen LogP contribution in [-0.4, -0.2) is 11.9 Å². The topological polar surface area (TPSA) is 55.1 Å². The summed E-state index contributed by atoms with van der Waals surface area (Å²) in [6, 6.07) is 5.20. The zero-order valence-corrected chi connectivity index (χ0v) is 11.9. The van der Waals surface area contributed by atoms with Crippen molar-refractivity contribution in [2.75, 3.05) is 5.32 Å². The van der Waals surface area contributed by atoms with Crippen LogP contribution in [0, 0.1) is 17.8 Å². The molecule has 1 amide bonds. The van der Waals surface area contributed by atoms with Gasteiger partial charge in [0.1, 0.15) is 0 Å². The fourth-order valence-corrected chi connectivity index (χ4v) is 3.89. The average molecular weight is 299 g/mol. The smallest absolute Gasteiger partial charge is 0.229 e. The van der Waals surface area contributed by atoms with Crippen LogP contribution in [0.5, 0.6) is 0 Å². The average Bonchev–Trinajstić information content (AvgIpc) is 2.95. The highest BCUT2D eigenvalue weighted by Crippen LogP contribution is 2.48. The summed E-state index contributed by atoms with van der Waals surface area (Å²) in [6.45, 7) is 0. The number of anilines is 1. The highest BCUT2D eigenvalue weighted by Gasteiger charge is 2.49. The van der Waals surface area contributed by atoms with Gasteiger partial charge in [0.2, 0.25) is 5.91 Å². The number of carbonyl (C=O) groups is 1. The number of benzene rings is 1. The Bertz CT molecular complexity index is 518. The van der Waals surface area contributed by atoms with E-state index in [9.17, 15) is 4.79 Å². The van der Waals surface area contributed by atoms with Crippen molar-refractivity contribution in [1.82, 2.24) is 0 Å². The predicted molar refractivity (Wildman–Crippen MR) is 77.4 cm³/mol.